The predicted molar refractivity (Wildman–Crippen MR) is 135 cm³/mol. The van der Waals surface area contributed by atoms with Crippen LogP contribution in [0.15, 0.2) is 46.9 Å². The van der Waals surface area contributed by atoms with Crippen LogP contribution in [-0.4, -0.2) is 26.8 Å². The molecule has 1 aliphatic carbocycles. The van der Waals surface area contributed by atoms with E-state index in [-0.39, 0.29) is 18.7 Å². The van der Waals surface area contributed by atoms with Crippen molar-refractivity contribution in [2.75, 3.05) is 11.1 Å². The molecule has 2 aromatic heterocycles. The second-order valence-electron chi connectivity index (χ2n) is 9.23. The summed E-state index contributed by atoms with van der Waals surface area (Å²) in [6.45, 7) is 5.81. The van der Waals surface area contributed by atoms with Crippen molar-refractivity contribution in [3.05, 3.63) is 54.2 Å². The van der Waals surface area contributed by atoms with Gasteiger partial charge in [0.25, 0.3) is 5.89 Å². The summed E-state index contributed by atoms with van der Waals surface area (Å²) in [5, 5.41) is 14.5. The summed E-state index contributed by atoms with van der Waals surface area (Å²) in [7, 11) is 0. The first-order valence-electron chi connectivity index (χ1n) is 11.9. The number of nitrogens with one attached hydrogen (secondary N) is 2. The van der Waals surface area contributed by atoms with Crippen molar-refractivity contribution in [2.24, 2.45) is 0 Å². The molecule has 2 aromatic carbocycles. The Balaban J connectivity index is 1.46. The number of urea groups is 1. The smallest absolute Gasteiger partial charge is 0.319 e. The van der Waals surface area contributed by atoms with Gasteiger partial charge in [-0.2, -0.15) is 0 Å². The normalized spacial score (nSPS) is 13.7. The molecular formula is C26H30N6O3. The van der Waals surface area contributed by atoms with Crippen molar-refractivity contribution in [1.29, 1.82) is 0 Å². The van der Waals surface area contributed by atoms with Gasteiger partial charge in [-0.05, 0) is 57.4 Å². The van der Waals surface area contributed by atoms with E-state index in [1.165, 1.54) is 6.42 Å². The highest BCUT2D eigenvalue weighted by Gasteiger charge is 2.27. The van der Waals surface area contributed by atoms with E-state index in [2.05, 4.69) is 25.4 Å². The molecular weight excluding hydrogens is 444 g/mol. The second kappa shape index (κ2) is 9.32. The van der Waals surface area contributed by atoms with E-state index >= 15 is 0 Å². The summed E-state index contributed by atoms with van der Waals surface area (Å²) < 4.78 is 13.7. The summed E-state index contributed by atoms with van der Waals surface area (Å²) >= 11 is 0. The zero-order chi connectivity index (χ0) is 24.5. The lowest BCUT2D eigenvalue weighted by Gasteiger charge is -2.30. The number of anilines is 2. The first-order chi connectivity index (χ1) is 16.9. The van der Waals surface area contributed by atoms with Crippen LogP contribution in [0.3, 0.4) is 0 Å². The minimum atomic E-state index is -0.223. The summed E-state index contributed by atoms with van der Waals surface area (Å²) in [6.07, 6.45) is 3.42. The van der Waals surface area contributed by atoms with Crippen LogP contribution in [-0.2, 0) is 6.61 Å². The standard InChI is InChI=1S/C26H30N6O3/c1-15(2)28-26(33)29-18-9-7-17(8-10-18)25-24(27)21-12-11-20(34-14-23-31-30-16(3)35-23)13-22(21)32(25)19-5-4-6-19/h7-13,15,19H,4-6,14,27H2,1-3H3,(H2,28,29,33). The number of hydrogen-bond donors (Lipinski definition) is 3. The quantitative estimate of drug-likeness (QED) is 0.329. The average molecular weight is 475 g/mol. The number of ether oxygens (including phenoxy) is 1. The first-order valence-corrected chi connectivity index (χ1v) is 11.9. The molecule has 1 aliphatic rings. The SMILES string of the molecule is Cc1nnc(COc2ccc3c(N)c(-c4ccc(NC(=O)NC(C)C)cc4)n(C4CCC4)c3c2)o1. The molecule has 182 valence electrons. The molecule has 35 heavy (non-hydrogen) atoms. The Hall–Kier alpha value is -4.01. The van der Waals surface area contributed by atoms with Crippen LogP contribution in [0.2, 0.25) is 0 Å². The fourth-order valence-electron chi connectivity index (χ4n) is 4.41. The van der Waals surface area contributed by atoms with Crippen LogP contribution in [0.1, 0.15) is 50.9 Å². The van der Waals surface area contributed by atoms with Gasteiger partial charge in [-0.15, -0.1) is 10.2 Å². The number of fused-ring (bicyclic) bond motifs is 1. The second-order valence-corrected chi connectivity index (χ2v) is 9.23. The third kappa shape index (κ3) is 4.66. The molecule has 0 radical (unpaired) electrons. The van der Waals surface area contributed by atoms with E-state index in [1.807, 2.05) is 56.3 Å². The van der Waals surface area contributed by atoms with Gasteiger partial charge >= 0.3 is 6.03 Å². The van der Waals surface area contributed by atoms with Crippen molar-refractivity contribution < 1.29 is 13.9 Å². The fourth-order valence-corrected chi connectivity index (χ4v) is 4.41. The number of rotatable bonds is 7. The Morgan fingerprint density at radius 2 is 1.97 bits per heavy atom. The molecule has 2 heterocycles. The van der Waals surface area contributed by atoms with Crippen molar-refractivity contribution in [2.45, 2.75) is 58.7 Å². The molecule has 4 aromatic rings. The molecule has 0 saturated heterocycles. The number of aryl methyl sites for hydroxylation is 1. The minimum Gasteiger partial charge on any atom is -0.484 e. The largest absolute Gasteiger partial charge is 0.484 e. The lowest BCUT2D eigenvalue weighted by Crippen LogP contribution is -2.34. The summed E-state index contributed by atoms with van der Waals surface area (Å²) in [5.74, 6) is 1.67. The van der Waals surface area contributed by atoms with Gasteiger partial charge in [-0.3, -0.25) is 0 Å². The number of aromatic nitrogens is 3. The highest BCUT2D eigenvalue weighted by Crippen LogP contribution is 2.45. The minimum absolute atomic E-state index is 0.0669. The van der Waals surface area contributed by atoms with Crippen molar-refractivity contribution in [3.8, 4) is 17.0 Å². The van der Waals surface area contributed by atoms with Gasteiger partial charge < -0.3 is 30.1 Å². The first kappa shape index (κ1) is 22.8. The van der Waals surface area contributed by atoms with Gasteiger partial charge in [0, 0.05) is 41.7 Å². The van der Waals surface area contributed by atoms with E-state index in [0.29, 0.717) is 23.6 Å². The molecule has 9 nitrogen and oxygen atoms in total. The number of carbonyl (C=O) groups excluding carboxylic acids is 1. The Kier molecular flexibility index (Phi) is 6.07. The number of carbonyl (C=O) groups is 1. The number of nitrogens with zero attached hydrogens (tertiary/aromatic N) is 3. The number of benzene rings is 2. The maximum atomic E-state index is 12.0. The van der Waals surface area contributed by atoms with Crippen molar-refractivity contribution in [3.63, 3.8) is 0 Å². The van der Waals surface area contributed by atoms with Crippen LogP contribution in [0.4, 0.5) is 16.2 Å². The third-order valence-electron chi connectivity index (χ3n) is 6.22. The van der Waals surface area contributed by atoms with E-state index in [9.17, 15) is 4.79 Å². The molecule has 0 atom stereocenters. The maximum Gasteiger partial charge on any atom is 0.319 e. The molecule has 0 unspecified atom stereocenters. The van der Waals surface area contributed by atoms with Crippen LogP contribution < -0.4 is 21.1 Å². The molecule has 2 amide bonds. The van der Waals surface area contributed by atoms with Crippen molar-refractivity contribution >= 4 is 28.3 Å². The van der Waals surface area contributed by atoms with Gasteiger partial charge in [0.1, 0.15) is 5.75 Å². The Morgan fingerprint density at radius 1 is 1.20 bits per heavy atom. The zero-order valence-electron chi connectivity index (χ0n) is 20.2. The molecule has 1 fully saturated rings. The molecule has 4 N–H and O–H groups in total. The van der Waals surface area contributed by atoms with Crippen LogP contribution in [0, 0.1) is 6.92 Å². The third-order valence-corrected chi connectivity index (χ3v) is 6.22. The topological polar surface area (TPSA) is 120 Å². The average Bonchev–Trinajstić information content (AvgIpc) is 3.32. The number of nitrogens with two attached hydrogens (primary N) is 1. The zero-order valence-corrected chi connectivity index (χ0v) is 20.2. The Morgan fingerprint density at radius 3 is 2.60 bits per heavy atom. The highest BCUT2D eigenvalue weighted by molar-refractivity contribution is 6.02. The Bertz CT molecular complexity index is 1350. The van der Waals surface area contributed by atoms with Gasteiger partial charge in [-0.1, -0.05) is 12.1 Å². The lowest BCUT2D eigenvalue weighted by atomic mass is 9.92. The number of nitrogen functional groups attached to an aromatic ring is 1. The van der Waals surface area contributed by atoms with E-state index in [1.54, 1.807) is 6.92 Å². The molecule has 1 saturated carbocycles. The van der Waals surface area contributed by atoms with E-state index < -0.39 is 0 Å². The summed E-state index contributed by atoms with van der Waals surface area (Å²) in [6, 6.07) is 14.0. The van der Waals surface area contributed by atoms with Crippen LogP contribution >= 0.6 is 0 Å². The monoisotopic (exact) mass is 474 g/mol. The van der Waals surface area contributed by atoms with Gasteiger partial charge in [0.2, 0.25) is 5.89 Å². The molecule has 9 heteroatoms. The molecule has 0 aliphatic heterocycles. The molecule has 0 spiro atoms. The fraction of sp³-hybridized carbons (Fsp3) is 0.346. The van der Waals surface area contributed by atoms with Gasteiger partial charge in [0.15, 0.2) is 6.61 Å². The predicted octanol–water partition coefficient (Wildman–Crippen LogP) is 5.42. The van der Waals surface area contributed by atoms with Crippen LogP contribution in [0.25, 0.3) is 22.2 Å². The van der Waals surface area contributed by atoms with E-state index in [4.69, 9.17) is 14.9 Å². The van der Waals surface area contributed by atoms with Gasteiger partial charge in [0.05, 0.1) is 16.9 Å². The Labute approximate surface area is 203 Å². The number of amides is 2. The number of hydrogen-bond acceptors (Lipinski definition) is 6. The molecule has 0 bridgehead atoms. The van der Waals surface area contributed by atoms with Gasteiger partial charge in [-0.25, -0.2) is 4.79 Å². The summed E-state index contributed by atoms with van der Waals surface area (Å²) in [4.78, 5) is 12.0. The summed E-state index contributed by atoms with van der Waals surface area (Å²) in [5.41, 5.74) is 11.2. The lowest BCUT2D eigenvalue weighted by molar-refractivity contribution is 0.250. The highest BCUT2D eigenvalue weighted by atomic mass is 16.5. The molecule has 5 rings (SSSR count). The van der Waals surface area contributed by atoms with Crippen molar-refractivity contribution in [1.82, 2.24) is 20.1 Å². The van der Waals surface area contributed by atoms with Crippen LogP contribution in [0.5, 0.6) is 5.75 Å². The maximum absolute atomic E-state index is 12.0. The van der Waals surface area contributed by atoms with E-state index in [0.717, 1.165) is 46.4 Å².